The van der Waals surface area contributed by atoms with Gasteiger partial charge in [-0.2, -0.15) is 0 Å². The average molecular weight is 306 g/mol. The Morgan fingerprint density at radius 3 is 2.50 bits per heavy atom. The van der Waals surface area contributed by atoms with Crippen molar-refractivity contribution in [3.63, 3.8) is 0 Å². The van der Waals surface area contributed by atoms with E-state index >= 15 is 0 Å². The molecule has 0 radical (unpaired) electrons. The maximum absolute atomic E-state index is 12.4. The summed E-state index contributed by atoms with van der Waals surface area (Å²) in [5, 5.41) is 9.02. The third-order valence-corrected chi connectivity index (χ3v) is 6.26. The second-order valence-electron chi connectivity index (χ2n) is 4.22. The van der Waals surface area contributed by atoms with Crippen LogP contribution in [0.15, 0.2) is 48.5 Å². The Balaban J connectivity index is 1.93. The van der Waals surface area contributed by atoms with E-state index in [0.29, 0.717) is 6.54 Å². The number of rotatable bonds is 2. The molecule has 0 spiro atoms. The summed E-state index contributed by atoms with van der Waals surface area (Å²) in [5.41, 5.74) is 2.99. The minimum absolute atomic E-state index is 0.0393. The summed E-state index contributed by atoms with van der Waals surface area (Å²) >= 11 is -2.15. The van der Waals surface area contributed by atoms with Crippen LogP contribution in [0.1, 0.15) is 11.1 Å². The fourth-order valence-electron chi connectivity index (χ4n) is 2.09. The van der Waals surface area contributed by atoms with Gasteiger partial charge in [-0.15, -0.1) is 0 Å². The van der Waals surface area contributed by atoms with Gasteiger partial charge in [-0.1, -0.05) is 0 Å². The summed E-state index contributed by atoms with van der Waals surface area (Å²) < 4.78 is 15.4. The summed E-state index contributed by atoms with van der Waals surface area (Å²) in [5.74, 6) is 0. The molecule has 2 aromatic carbocycles. The first-order valence-corrected chi connectivity index (χ1v) is 8.09. The fraction of sp³-hybridized carbons (Fsp3) is 0.143. The second-order valence-corrected chi connectivity index (χ2v) is 7.11. The Kier molecular flexibility index (Phi) is 3.00. The molecule has 0 aliphatic carbocycles. The Morgan fingerprint density at radius 2 is 1.83 bits per heavy atom. The Hall–Kier alpha value is -1.48. The zero-order chi connectivity index (χ0) is 12.5. The zero-order valence-electron chi connectivity index (χ0n) is 9.74. The first-order chi connectivity index (χ1) is 8.79. The summed E-state index contributed by atoms with van der Waals surface area (Å²) in [6.45, 7) is 0.750. The van der Waals surface area contributed by atoms with Crippen molar-refractivity contribution in [2.45, 2.75) is 13.2 Å². The SMILES string of the molecule is O=[Se]1c2ccccc2CN1c1ccc(CO)cc1. The van der Waals surface area contributed by atoms with Crippen molar-refractivity contribution < 1.29 is 8.94 Å². The van der Waals surface area contributed by atoms with Crippen molar-refractivity contribution in [2.24, 2.45) is 0 Å². The molecule has 0 fully saturated rings. The molecule has 0 saturated heterocycles. The molecule has 2 aromatic rings. The number of aliphatic hydroxyl groups excluding tert-OH is 1. The van der Waals surface area contributed by atoms with E-state index in [-0.39, 0.29) is 6.61 Å². The van der Waals surface area contributed by atoms with Crippen molar-refractivity contribution in [3.8, 4) is 0 Å². The van der Waals surface area contributed by atoms with Crippen molar-refractivity contribution in [3.05, 3.63) is 59.7 Å². The van der Waals surface area contributed by atoms with Gasteiger partial charge in [-0.3, -0.25) is 0 Å². The molecule has 1 atom stereocenters. The number of hydrogen-bond acceptors (Lipinski definition) is 2. The quantitative estimate of drug-likeness (QED) is 0.851. The van der Waals surface area contributed by atoms with Gasteiger partial charge in [0, 0.05) is 0 Å². The Morgan fingerprint density at radius 1 is 1.11 bits per heavy atom. The van der Waals surface area contributed by atoms with Crippen LogP contribution in [0.5, 0.6) is 0 Å². The van der Waals surface area contributed by atoms with Crippen LogP contribution in [0.4, 0.5) is 5.69 Å². The molecule has 1 heterocycles. The summed E-state index contributed by atoms with van der Waals surface area (Å²) in [7, 11) is 0. The van der Waals surface area contributed by atoms with Crippen LogP contribution in [-0.2, 0) is 17.0 Å². The van der Waals surface area contributed by atoms with Crippen LogP contribution >= 0.6 is 0 Å². The molecule has 18 heavy (non-hydrogen) atoms. The van der Waals surface area contributed by atoms with E-state index in [2.05, 4.69) is 0 Å². The van der Waals surface area contributed by atoms with Gasteiger partial charge in [-0.05, 0) is 0 Å². The minimum atomic E-state index is -2.15. The maximum atomic E-state index is 12.4. The van der Waals surface area contributed by atoms with E-state index in [1.807, 2.05) is 52.4 Å². The first-order valence-electron chi connectivity index (χ1n) is 5.77. The van der Waals surface area contributed by atoms with E-state index < -0.39 is 14.1 Å². The van der Waals surface area contributed by atoms with Crippen LogP contribution in [0.2, 0.25) is 0 Å². The van der Waals surface area contributed by atoms with E-state index in [9.17, 15) is 3.83 Å². The van der Waals surface area contributed by atoms with Gasteiger partial charge in [0.2, 0.25) is 0 Å². The van der Waals surface area contributed by atoms with Crippen LogP contribution in [0, 0.1) is 0 Å². The van der Waals surface area contributed by atoms with Gasteiger partial charge in [0.1, 0.15) is 0 Å². The molecular weight excluding hydrogens is 293 g/mol. The predicted octanol–water partition coefficient (Wildman–Crippen LogP) is 1.32. The summed E-state index contributed by atoms with van der Waals surface area (Å²) in [6.07, 6.45) is 0. The molecule has 1 N–H and O–H groups in total. The molecule has 92 valence electrons. The number of anilines is 1. The van der Waals surface area contributed by atoms with Crippen LogP contribution in [-0.4, -0.2) is 19.2 Å². The molecule has 1 aliphatic rings. The van der Waals surface area contributed by atoms with Gasteiger partial charge in [0.05, 0.1) is 0 Å². The van der Waals surface area contributed by atoms with Crippen molar-refractivity contribution in [1.82, 2.24) is 0 Å². The van der Waals surface area contributed by atoms with E-state index in [1.165, 1.54) is 0 Å². The van der Waals surface area contributed by atoms with Crippen molar-refractivity contribution in [2.75, 3.05) is 3.92 Å². The topological polar surface area (TPSA) is 40.5 Å². The molecule has 3 nitrogen and oxygen atoms in total. The molecule has 0 bridgehead atoms. The molecule has 1 aliphatic heterocycles. The van der Waals surface area contributed by atoms with Gasteiger partial charge in [-0.25, -0.2) is 0 Å². The van der Waals surface area contributed by atoms with Gasteiger partial charge < -0.3 is 0 Å². The van der Waals surface area contributed by atoms with Crippen LogP contribution < -0.4 is 8.38 Å². The predicted molar refractivity (Wildman–Crippen MR) is 71.1 cm³/mol. The standard InChI is InChI=1S/C14H13NO2Se/c16-10-11-5-7-13(8-6-11)15-9-12-3-1-2-4-14(12)18(15)17/h1-8,16H,9-10H2. The van der Waals surface area contributed by atoms with E-state index in [1.54, 1.807) is 0 Å². The van der Waals surface area contributed by atoms with E-state index in [0.717, 1.165) is 21.3 Å². The molecule has 0 amide bonds. The normalized spacial score (nSPS) is 17.8. The molecular formula is C14H13NO2Se. The Labute approximate surface area is 110 Å². The monoisotopic (exact) mass is 307 g/mol. The number of fused-ring (bicyclic) bond motifs is 1. The zero-order valence-corrected chi connectivity index (χ0v) is 11.5. The summed E-state index contributed by atoms with van der Waals surface area (Å²) in [6, 6.07) is 15.5. The summed E-state index contributed by atoms with van der Waals surface area (Å²) in [4.78, 5) is 0. The number of benzene rings is 2. The first kappa shape index (κ1) is 11.6. The third kappa shape index (κ3) is 1.89. The van der Waals surface area contributed by atoms with Crippen molar-refractivity contribution >= 4 is 24.2 Å². The average Bonchev–Trinajstić information content (AvgIpc) is 2.77. The second kappa shape index (κ2) is 4.65. The number of nitrogens with zero attached hydrogens (tertiary/aromatic N) is 1. The number of aliphatic hydroxyl groups is 1. The van der Waals surface area contributed by atoms with Crippen molar-refractivity contribution in [1.29, 1.82) is 0 Å². The van der Waals surface area contributed by atoms with E-state index in [4.69, 9.17) is 5.11 Å². The van der Waals surface area contributed by atoms with Gasteiger partial charge in [0.15, 0.2) is 0 Å². The molecule has 4 heteroatoms. The van der Waals surface area contributed by atoms with Gasteiger partial charge in [0.25, 0.3) is 0 Å². The van der Waals surface area contributed by atoms with Gasteiger partial charge >= 0.3 is 110 Å². The molecule has 0 aromatic heterocycles. The third-order valence-electron chi connectivity index (χ3n) is 3.08. The van der Waals surface area contributed by atoms with Crippen LogP contribution in [0.3, 0.4) is 0 Å². The molecule has 0 saturated carbocycles. The Bertz CT molecular complexity index is 595. The fourth-order valence-corrected chi connectivity index (χ4v) is 4.94. The van der Waals surface area contributed by atoms with Crippen LogP contribution in [0.25, 0.3) is 0 Å². The molecule has 1 unspecified atom stereocenters. The number of hydrogen-bond donors (Lipinski definition) is 1. The molecule has 3 rings (SSSR count).